The second-order valence-electron chi connectivity index (χ2n) is 8.81. The lowest BCUT2D eigenvalue weighted by atomic mass is 10.1. The third-order valence-electron chi connectivity index (χ3n) is 6.33. The first kappa shape index (κ1) is 23.8. The molecule has 1 aromatic carbocycles. The van der Waals surface area contributed by atoms with Crippen LogP contribution in [0.2, 0.25) is 0 Å². The highest BCUT2D eigenvalue weighted by Gasteiger charge is 2.38. The maximum absolute atomic E-state index is 13.1. The summed E-state index contributed by atoms with van der Waals surface area (Å²) in [4.78, 5) is 27.2. The van der Waals surface area contributed by atoms with Crippen molar-refractivity contribution in [1.29, 1.82) is 0 Å². The fraction of sp³-hybridized carbons (Fsp3) is 0.571. The molecule has 1 aromatic rings. The van der Waals surface area contributed by atoms with Crippen LogP contribution < -0.4 is 0 Å². The van der Waals surface area contributed by atoms with E-state index in [1.54, 1.807) is 24.0 Å². The summed E-state index contributed by atoms with van der Waals surface area (Å²) >= 11 is 0. The molecule has 0 spiro atoms. The summed E-state index contributed by atoms with van der Waals surface area (Å²) in [7, 11) is -6.86. The van der Waals surface area contributed by atoms with E-state index in [-0.39, 0.29) is 72.9 Å². The molecule has 33 heavy (non-hydrogen) atoms. The van der Waals surface area contributed by atoms with Gasteiger partial charge in [0.25, 0.3) is 5.91 Å². The Morgan fingerprint density at radius 1 is 1.09 bits per heavy atom. The van der Waals surface area contributed by atoms with Crippen molar-refractivity contribution in [3.63, 3.8) is 0 Å². The summed E-state index contributed by atoms with van der Waals surface area (Å²) in [5.41, 5.74) is 1.88. The number of hydrazone groups is 1. The lowest BCUT2D eigenvalue weighted by Gasteiger charge is -2.35. The minimum absolute atomic E-state index is 0.0110. The highest BCUT2D eigenvalue weighted by molar-refractivity contribution is 7.91. The quantitative estimate of drug-likeness (QED) is 0.591. The van der Waals surface area contributed by atoms with Crippen molar-refractivity contribution < 1.29 is 26.4 Å². The lowest BCUT2D eigenvalue weighted by Crippen LogP contribution is -2.53. The fourth-order valence-electron chi connectivity index (χ4n) is 4.52. The van der Waals surface area contributed by atoms with Crippen molar-refractivity contribution >= 4 is 37.4 Å². The highest BCUT2D eigenvalue weighted by atomic mass is 32.2. The molecule has 0 unspecified atom stereocenters. The van der Waals surface area contributed by atoms with Crippen molar-refractivity contribution in [2.75, 3.05) is 37.7 Å². The van der Waals surface area contributed by atoms with Crippen molar-refractivity contribution in [3.05, 3.63) is 29.3 Å². The van der Waals surface area contributed by atoms with Gasteiger partial charge < -0.3 is 4.90 Å². The summed E-state index contributed by atoms with van der Waals surface area (Å²) in [6.45, 7) is 4.43. The zero-order chi connectivity index (χ0) is 24.0. The number of hydrogen-bond donors (Lipinski definition) is 0. The van der Waals surface area contributed by atoms with Gasteiger partial charge in [-0.05, 0) is 31.9 Å². The number of benzene rings is 1. The van der Waals surface area contributed by atoms with Gasteiger partial charge in [-0.15, -0.1) is 0 Å². The molecule has 180 valence electrons. The molecule has 3 aliphatic heterocycles. The molecule has 0 aliphatic carbocycles. The van der Waals surface area contributed by atoms with Crippen LogP contribution in [0.3, 0.4) is 0 Å². The number of carbonyl (C=O) groups excluding carboxylic acids is 2. The van der Waals surface area contributed by atoms with E-state index in [9.17, 15) is 26.4 Å². The molecule has 3 aliphatic rings. The number of sulfonamides is 1. The van der Waals surface area contributed by atoms with E-state index in [2.05, 4.69) is 5.10 Å². The number of aryl methyl sites for hydroxylation is 2. The molecule has 2 fully saturated rings. The topological polar surface area (TPSA) is 124 Å². The molecule has 0 aromatic heterocycles. The third-order valence-corrected chi connectivity index (χ3v) is 10.1. The number of rotatable bonds is 4. The Morgan fingerprint density at radius 2 is 1.79 bits per heavy atom. The second-order valence-corrected chi connectivity index (χ2v) is 12.9. The zero-order valence-electron chi connectivity index (χ0n) is 18.7. The highest BCUT2D eigenvalue weighted by Crippen LogP contribution is 2.24. The van der Waals surface area contributed by atoms with Gasteiger partial charge in [0.15, 0.2) is 9.84 Å². The van der Waals surface area contributed by atoms with Gasteiger partial charge in [0.2, 0.25) is 15.9 Å². The van der Waals surface area contributed by atoms with Gasteiger partial charge in [0.1, 0.15) is 5.71 Å². The van der Waals surface area contributed by atoms with Gasteiger partial charge in [0, 0.05) is 39.0 Å². The molecule has 4 rings (SSSR count). The summed E-state index contributed by atoms with van der Waals surface area (Å²) < 4.78 is 51.1. The molecular formula is C21H28N4O6S2. The second kappa shape index (κ2) is 8.80. The van der Waals surface area contributed by atoms with Crippen LogP contribution in [0.1, 0.15) is 30.4 Å². The van der Waals surface area contributed by atoms with E-state index in [1.165, 1.54) is 9.31 Å². The molecule has 3 heterocycles. The normalized spacial score (nSPS) is 24.1. The average Bonchev–Trinajstić information content (AvgIpc) is 3.13. The molecular weight excluding hydrogens is 468 g/mol. The fourth-order valence-corrected chi connectivity index (χ4v) is 7.84. The molecule has 0 bridgehead atoms. The Labute approximate surface area is 194 Å². The van der Waals surface area contributed by atoms with E-state index in [4.69, 9.17) is 0 Å². The Hall–Kier alpha value is -2.31. The summed E-state index contributed by atoms with van der Waals surface area (Å²) in [5, 5.41) is 5.40. The minimum Gasteiger partial charge on any atom is -0.335 e. The van der Waals surface area contributed by atoms with Crippen molar-refractivity contribution in [3.8, 4) is 0 Å². The average molecular weight is 497 g/mol. The monoisotopic (exact) mass is 496 g/mol. The number of carbonyl (C=O) groups is 2. The Balaban J connectivity index is 1.44. The Bertz CT molecular complexity index is 1220. The Morgan fingerprint density at radius 3 is 2.39 bits per heavy atom. The van der Waals surface area contributed by atoms with Crippen LogP contribution in [0.15, 0.2) is 28.2 Å². The van der Waals surface area contributed by atoms with Crippen LogP contribution >= 0.6 is 0 Å². The van der Waals surface area contributed by atoms with Gasteiger partial charge in [-0.2, -0.15) is 9.41 Å². The molecule has 0 saturated carbocycles. The SMILES string of the molecule is Cc1ccc(S(=O)(=O)N2CCN(C(=O)C3=NN([C@H]4CCS(=O)(=O)C4)C(=O)CC3)CC2)c(C)c1. The van der Waals surface area contributed by atoms with Gasteiger partial charge in [0.05, 0.1) is 22.4 Å². The molecule has 10 nitrogen and oxygen atoms in total. The first-order valence-corrected chi connectivity index (χ1v) is 14.2. The van der Waals surface area contributed by atoms with Gasteiger partial charge >= 0.3 is 0 Å². The number of nitrogens with zero attached hydrogens (tertiary/aromatic N) is 4. The van der Waals surface area contributed by atoms with Crippen LogP contribution in [-0.4, -0.2) is 92.3 Å². The molecule has 12 heteroatoms. The summed E-state index contributed by atoms with van der Waals surface area (Å²) in [6, 6.07) is 4.67. The van der Waals surface area contributed by atoms with E-state index in [1.807, 2.05) is 13.0 Å². The number of amides is 2. The smallest absolute Gasteiger partial charge is 0.270 e. The maximum Gasteiger partial charge on any atom is 0.270 e. The van der Waals surface area contributed by atoms with Gasteiger partial charge in [-0.1, -0.05) is 17.7 Å². The Kier molecular flexibility index (Phi) is 6.36. The number of hydrogen-bond acceptors (Lipinski definition) is 7. The zero-order valence-corrected chi connectivity index (χ0v) is 20.4. The molecule has 1 atom stereocenters. The lowest BCUT2D eigenvalue weighted by molar-refractivity contribution is -0.134. The summed E-state index contributed by atoms with van der Waals surface area (Å²) in [6.07, 6.45) is 0.602. The van der Waals surface area contributed by atoms with E-state index < -0.39 is 25.9 Å². The van der Waals surface area contributed by atoms with E-state index in [0.717, 1.165) is 5.56 Å². The van der Waals surface area contributed by atoms with Crippen LogP contribution in [0.4, 0.5) is 0 Å². The third kappa shape index (κ3) is 4.82. The molecule has 0 N–H and O–H groups in total. The first-order valence-electron chi connectivity index (χ1n) is 10.9. The maximum atomic E-state index is 13.1. The standard InChI is InChI=1S/C21H28N4O6S2/c1-15-3-5-19(16(2)13-15)33(30,31)24-10-8-23(9-11-24)21(27)18-4-6-20(26)25(22-18)17-7-12-32(28,29)14-17/h3,5,13,17H,4,6-12,14H2,1-2H3/t17-/m0/s1. The largest absolute Gasteiger partial charge is 0.335 e. The molecule has 2 saturated heterocycles. The van der Waals surface area contributed by atoms with E-state index >= 15 is 0 Å². The number of sulfone groups is 1. The van der Waals surface area contributed by atoms with Crippen LogP contribution in [-0.2, 0) is 29.4 Å². The summed E-state index contributed by atoms with van der Waals surface area (Å²) in [5.74, 6) is -0.745. The predicted molar refractivity (Wildman–Crippen MR) is 122 cm³/mol. The predicted octanol–water partition coefficient (Wildman–Crippen LogP) is 0.302. The van der Waals surface area contributed by atoms with E-state index in [0.29, 0.717) is 12.0 Å². The van der Waals surface area contributed by atoms with Crippen molar-refractivity contribution in [2.45, 2.75) is 44.0 Å². The van der Waals surface area contributed by atoms with Crippen molar-refractivity contribution in [2.24, 2.45) is 5.10 Å². The molecule has 0 radical (unpaired) electrons. The van der Waals surface area contributed by atoms with Gasteiger partial charge in [-0.25, -0.2) is 21.8 Å². The number of piperazine rings is 1. The van der Waals surface area contributed by atoms with Gasteiger partial charge in [-0.3, -0.25) is 9.59 Å². The van der Waals surface area contributed by atoms with Crippen LogP contribution in [0, 0.1) is 13.8 Å². The first-order chi connectivity index (χ1) is 15.5. The van der Waals surface area contributed by atoms with Crippen LogP contribution in [0.25, 0.3) is 0 Å². The van der Waals surface area contributed by atoms with Crippen molar-refractivity contribution in [1.82, 2.24) is 14.2 Å². The van der Waals surface area contributed by atoms with Crippen LogP contribution in [0.5, 0.6) is 0 Å². The molecule has 2 amide bonds. The minimum atomic E-state index is -3.67.